The zero-order chi connectivity index (χ0) is 19.3. The lowest BCUT2D eigenvalue weighted by atomic mass is 10.1. The molecule has 2 rings (SSSR count). The van der Waals surface area contributed by atoms with E-state index in [9.17, 15) is 9.59 Å². The van der Waals surface area contributed by atoms with Crippen LogP contribution in [0, 0.1) is 0 Å². The van der Waals surface area contributed by atoms with Gasteiger partial charge in [-0.25, -0.2) is 4.79 Å². The van der Waals surface area contributed by atoms with Gasteiger partial charge in [0.05, 0.1) is 21.3 Å². The first-order valence-electron chi connectivity index (χ1n) is 7.72. The second-order valence-corrected chi connectivity index (χ2v) is 5.76. The second kappa shape index (κ2) is 8.58. The number of esters is 1. The van der Waals surface area contributed by atoms with Crippen molar-refractivity contribution < 1.29 is 28.5 Å². The molecule has 0 heterocycles. The molecule has 0 aliphatic carbocycles. The summed E-state index contributed by atoms with van der Waals surface area (Å²) in [6.45, 7) is 1.50. The van der Waals surface area contributed by atoms with Gasteiger partial charge in [0, 0.05) is 22.7 Å². The molecule has 2 aromatic rings. The largest absolute Gasteiger partial charge is 0.496 e. The van der Waals surface area contributed by atoms with E-state index in [1.807, 2.05) is 0 Å². The van der Waals surface area contributed by atoms with Crippen LogP contribution in [0.4, 0.5) is 0 Å². The van der Waals surface area contributed by atoms with Gasteiger partial charge >= 0.3 is 5.97 Å². The lowest BCUT2D eigenvalue weighted by Gasteiger charge is -2.16. The molecule has 138 valence electrons. The molecular formula is C19H19ClO6. The summed E-state index contributed by atoms with van der Waals surface area (Å²) in [5.74, 6) is -0.0472. The lowest BCUT2D eigenvalue weighted by Crippen LogP contribution is -2.24. The van der Waals surface area contributed by atoms with Crippen molar-refractivity contribution >= 4 is 23.4 Å². The molecule has 0 radical (unpaired) electrons. The van der Waals surface area contributed by atoms with Crippen molar-refractivity contribution in [2.75, 3.05) is 21.3 Å². The van der Waals surface area contributed by atoms with Gasteiger partial charge in [0.25, 0.3) is 0 Å². The molecule has 1 atom stereocenters. The molecule has 0 aliphatic heterocycles. The van der Waals surface area contributed by atoms with Crippen molar-refractivity contribution in [1.82, 2.24) is 0 Å². The van der Waals surface area contributed by atoms with Crippen molar-refractivity contribution in [2.24, 2.45) is 0 Å². The van der Waals surface area contributed by atoms with Crippen molar-refractivity contribution in [1.29, 1.82) is 0 Å². The maximum absolute atomic E-state index is 12.5. The lowest BCUT2D eigenvalue weighted by molar-refractivity contribution is 0.0315. The van der Waals surface area contributed by atoms with E-state index in [2.05, 4.69) is 0 Å². The van der Waals surface area contributed by atoms with Crippen molar-refractivity contribution in [3.63, 3.8) is 0 Å². The van der Waals surface area contributed by atoms with E-state index < -0.39 is 12.1 Å². The molecular weight excluding hydrogens is 360 g/mol. The molecule has 7 heteroatoms. The number of rotatable bonds is 7. The summed E-state index contributed by atoms with van der Waals surface area (Å²) in [6, 6.07) is 9.31. The highest BCUT2D eigenvalue weighted by Gasteiger charge is 2.24. The number of methoxy groups -OCH3 is 3. The molecule has 2 aromatic carbocycles. The third-order valence-corrected chi connectivity index (χ3v) is 3.96. The molecule has 0 N–H and O–H groups in total. The SMILES string of the molecule is COc1cc(OC)c(C(=O)OC(C)C(=O)c2ccc(Cl)cc2)cc1OC. The molecule has 0 saturated heterocycles. The van der Waals surface area contributed by atoms with Crippen LogP contribution in [0.5, 0.6) is 17.2 Å². The van der Waals surface area contributed by atoms with Gasteiger partial charge in [-0.1, -0.05) is 11.6 Å². The first kappa shape index (κ1) is 19.6. The van der Waals surface area contributed by atoms with Gasteiger partial charge in [-0.2, -0.15) is 0 Å². The minimum atomic E-state index is -0.985. The molecule has 26 heavy (non-hydrogen) atoms. The number of ketones is 1. The number of benzene rings is 2. The van der Waals surface area contributed by atoms with Gasteiger partial charge in [-0.05, 0) is 31.2 Å². The van der Waals surface area contributed by atoms with E-state index in [4.69, 9.17) is 30.5 Å². The zero-order valence-corrected chi connectivity index (χ0v) is 15.6. The smallest absolute Gasteiger partial charge is 0.342 e. The maximum atomic E-state index is 12.5. The maximum Gasteiger partial charge on any atom is 0.342 e. The molecule has 0 saturated carbocycles. The highest BCUT2D eigenvalue weighted by Crippen LogP contribution is 2.35. The van der Waals surface area contributed by atoms with Crippen LogP contribution in [-0.2, 0) is 4.74 Å². The van der Waals surface area contributed by atoms with Crippen LogP contribution in [0.15, 0.2) is 36.4 Å². The molecule has 6 nitrogen and oxygen atoms in total. The predicted octanol–water partition coefficient (Wildman–Crippen LogP) is 3.79. The molecule has 0 spiro atoms. The Morgan fingerprint density at radius 2 is 1.42 bits per heavy atom. The van der Waals surface area contributed by atoms with Crippen LogP contribution in [0.1, 0.15) is 27.6 Å². The van der Waals surface area contributed by atoms with Gasteiger partial charge in [0.15, 0.2) is 17.6 Å². The van der Waals surface area contributed by atoms with E-state index in [0.29, 0.717) is 22.1 Å². The predicted molar refractivity (Wildman–Crippen MR) is 96.8 cm³/mol. The number of carbonyl (C=O) groups is 2. The summed E-state index contributed by atoms with van der Waals surface area (Å²) in [6.07, 6.45) is -0.985. The summed E-state index contributed by atoms with van der Waals surface area (Å²) in [7, 11) is 4.34. The van der Waals surface area contributed by atoms with Crippen LogP contribution < -0.4 is 14.2 Å². The van der Waals surface area contributed by atoms with Crippen LogP contribution in [0.25, 0.3) is 0 Å². The van der Waals surface area contributed by atoms with E-state index in [0.717, 1.165) is 0 Å². The van der Waals surface area contributed by atoms with Gasteiger partial charge < -0.3 is 18.9 Å². The molecule has 0 aromatic heterocycles. The standard InChI is InChI=1S/C19H19ClO6/c1-11(18(21)12-5-7-13(20)8-6-12)26-19(22)14-9-16(24-3)17(25-4)10-15(14)23-2/h5-11H,1-4H3. The highest BCUT2D eigenvalue weighted by molar-refractivity contribution is 6.30. The molecule has 1 unspecified atom stereocenters. The number of Topliss-reactive ketones (excluding diaryl/α,β-unsaturated/α-hetero) is 1. The van der Waals surface area contributed by atoms with E-state index in [-0.39, 0.29) is 17.1 Å². The Balaban J connectivity index is 2.23. The summed E-state index contributed by atoms with van der Waals surface area (Å²) < 4.78 is 20.9. The third kappa shape index (κ3) is 4.26. The summed E-state index contributed by atoms with van der Waals surface area (Å²) in [5.41, 5.74) is 0.523. The van der Waals surface area contributed by atoms with Crippen molar-refractivity contribution in [3.8, 4) is 17.2 Å². The molecule has 0 aliphatic rings. The zero-order valence-electron chi connectivity index (χ0n) is 14.9. The van der Waals surface area contributed by atoms with Crippen molar-refractivity contribution in [2.45, 2.75) is 13.0 Å². The minimum Gasteiger partial charge on any atom is -0.496 e. The highest BCUT2D eigenvalue weighted by atomic mass is 35.5. The Kier molecular flexibility index (Phi) is 6.46. The number of carbonyl (C=O) groups excluding carboxylic acids is 2. The summed E-state index contributed by atoms with van der Waals surface area (Å²) in [4.78, 5) is 24.9. The fraction of sp³-hybridized carbons (Fsp3) is 0.263. The quantitative estimate of drug-likeness (QED) is 0.539. The Hall–Kier alpha value is -2.73. The fourth-order valence-corrected chi connectivity index (χ4v) is 2.44. The molecule has 0 amide bonds. The van der Waals surface area contributed by atoms with Gasteiger partial charge in [0.2, 0.25) is 5.78 Å². The Morgan fingerprint density at radius 3 is 1.96 bits per heavy atom. The first-order valence-corrected chi connectivity index (χ1v) is 8.09. The summed E-state index contributed by atoms with van der Waals surface area (Å²) >= 11 is 5.81. The Bertz CT molecular complexity index is 800. The van der Waals surface area contributed by atoms with Crippen molar-refractivity contribution in [3.05, 3.63) is 52.5 Å². The van der Waals surface area contributed by atoms with E-state index in [1.54, 1.807) is 24.3 Å². The van der Waals surface area contributed by atoms with Crippen LogP contribution in [0.2, 0.25) is 5.02 Å². The minimum absolute atomic E-state index is 0.126. The number of ether oxygens (including phenoxy) is 4. The average molecular weight is 379 g/mol. The van der Waals surface area contributed by atoms with Gasteiger partial charge in [-0.15, -0.1) is 0 Å². The average Bonchev–Trinajstić information content (AvgIpc) is 2.66. The molecule has 0 fully saturated rings. The number of hydrogen-bond acceptors (Lipinski definition) is 6. The van der Waals surface area contributed by atoms with Crippen LogP contribution in [0.3, 0.4) is 0 Å². The summed E-state index contributed by atoms with van der Waals surface area (Å²) in [5, 5.41) is 0.515. The topological polar surface area (TPSA) is 71.1 Å². The second-order valence-electron chi connectivity index (χ2n) is 5.33. The van der Waals surface area contributed by atoms with Gasteiger partial charge in [0.1, 0.15) is 11.3 Å². The third-order valence-electron chi connectivity index (χ3n) is 3.71. The van der Waals surface area contributed by atoms with E-state index >= 15 is 0 Å². The number of hydrogen-bond donors (Lipinski definition) is 0. The molecule has 0 bridgehead atoms. The van der Waals surface area contributed by atoms with Crippen LogP contribution >= 0.6 is 11.6 Å². The number of halogens is 1. The Morgan fingerprint density at radius 1 is 0.885 bits per heavy atom. The monoisotopic (exact) mass is 378 g/mol. The normalized spacial score (nSPS) is 11.4. The Labute approximate surface area is 156 Å². The van der Waals surface area contributed by atoms with Crippen LogP contribution in [-0.4, -0.2) is 39.2 Å². The van der Waals surface area contributed by atoms with E-state index in [1.165, 1.54) is 40.4 Å². The first-order chi connectivity index (χ1) is 12.4. The van der Waals surface area contributed by atoms with Gasteiger partial charge in [-0.3, -0.25) is 4.79 Å². The fourth-order valence-electron chi connectivity index (χ4n) is 2.32.